The molecule has 0 spiro atoms. The molecule has 3 N–H and O–H groups in total. The van der Waals surface area contributed by atoms with E-state index in [-0.39, 0.29) is 35.9 Å². The standard InChI is InChI=1S/C31H32N10O5/c1-45-28(44)24(17-20-6-8-21(18-32)9-7-20)36-30-37-29(38-31(39-30)46-2)35-23-5-3-4-22(16-23)19-40-12-14-41(15-13-40)27(43)25-26(42)34-11-10-33-25/h3-11,16,24H,12-15,17,19H2,1-2H3,(H,34,42)(H2,35,36,37,38,39)/t24-/m0/s1. The average Bonchev–Trinajstić information content (AvgIpc) is 3.08. The van der Waals surface area contributed by atoms with Crippen LogP contribution in [0.15, 0.2) is 65.7 Å². The number of nitriles is 1. The molecule has 2 aromatic heterocycles. The number of piperazine rings is 1. The van der Waals surface area contributed by atoms with Gasteiger partial charge in [0.25, 0.3) is 11.5 Å². The lowest BCUT2D eigenvalue weighted by Gasteiger charge is -2.34. The van der Waals surface area contributed by atoms with Crippen molar-refractivity contribution >= 4 is 29.5 Å². The zero-order valence-corrected chi connectivity index (χ0v) is 25.3. The van der Waals surface area contributed by atoms with Gasteiger partial charge in [0.1, 0.15) is 6.04 Å². The number of H-pyrrole nitrogens is 1. The number of anilines is 3. The van der Waals surface area contributed by atoms with Crippen LogP contribution in [0.3, 0.4) is 0 Å². The van der Waals surface area contributed by atoms with Gasteiger partial charge in [-0.15, -0.1) is 0 Å². The van der Waals surface area contributed by atoms with E-state index < -0.39 is 17.6 Å². The SMILES string of the molecule is COC(=O)[C@H](Cc1ccc(C#N)cc1)Nc1nc(Nc2cccc(CN3CCN(C(=O)c4ncc[nH]c4=O)CC3)c2)nc(OC)n1. The van der Waals surface area contributed by atoms with Crippen molar-refractivity contribution in [2.45, 2.75) is 19.0 Å². The molecule has 1 fully saturated rings. The van der Waals surface area contributed by atoms with Gasteiger partial charge in [0.15, 0.2) is 5.69 Å². The third-order valence-electron chi connectivity index (χ3n) is 7.27. The quantitative estimate of drug-likeness (QED) is 0.205. The minimum Gasteiger partial charge on any atom is -0.467 e. The lowest BCUT2D eigenvalue weighted by atomic mass is 10.0. The van der Waals surface area contributed by atoms with Crippen molar-refractivity contribution in [1.29, 1.82) is 5.26 Å². The molecule has 0 unspecified atom stereocenters. The molecule has 1 atom stereocenters. The Kier molecular flexibility index (Phi) is 10.1. The Labute approximate surface area is 264 Å². The summed E-state index contributed by atoms with van der Waals surface area (Å²) in [6, 6.07) is 16.0. The molecular weight excluding hydrogens is 592 g/mol. The Balaban J connectivity index is 1.23. The molecule has 0 saturated carbocycles. The Bertz CT molecular complexity index is 1780. The molecule has 1 aliphatic heterocycles. The molecule has 1 saturated heterocycles. The maximum atomic E-state index is 12.7. The Morgan fingerprint density at radius 1 is 1.02 bits per heavy atom. The van der Waals surface area contributed by atoms with Gasteiger partial charge >= 0.3 is 12.0 Å². The summed E-state index contributed by atoms with van der Waals surface area (Å²) in [5, 5.41) is 15.3. The zero-order chi connectivity index (χ0) is 32.5. The number of carbonyl (C=O) groups excluding carboxylic acids is 2. The smallest absolute Gasteiger partial charge is 0.328 e. The molecule has 2 aromatic carbocycles. The second kappa shape index (κ2) is 14.7. The summed E-state index contributed by atoms with van der Waals surface area (Å²) < 4.78 is 10.3. The van der Waals surface area contributed by atoms with E-state index in [4.69, 9.17) is 14.7 Å². The first-order chi connectivity index (χ1) is 22.3. The number of aromatic nitrogens is 5. The fourth-order valence-corrected chi connectivity index (χ4v) is 4.91. The van der Waals surface area contributed by atoms with Crippen molar-refractivity contribution in [2.75, 3.05) is 51.0 Å². The van der Waals surface area contributed by atoms with Crippen LogP contribution in [0.4, 0.5) is 17.6 Å². The fourth-order valence-electron chi connectivity index (χ4n) is 4.91. The lowest BCUT2D eigenvalue weighted by molar-refractivity contribution is -0.141. The number of esters is 1. The minimum atomic E-state index is -0.818. The van der Waals surface area contributed by atoms with Crippen LogP contribution in [0.1, 0.15) is 27.2 Å². The molecule has 15 nitrogen and oxygen atoms in total. The highest BCUT2D eigenvalue weighted by molar-refractivity contribution is 5.92. The number of benzene rings is 2. The summed E-state index contributed by atoms with van der Waals surface area (Å²) in [6.45, 7) is 2.87. The molecule has 0 radical (unpaired) electrons. The number of hydrogen-bond acceptors (Lipinski definition) is 13. The number of nitrogens with zero attached hydrogens (tertiary/aromatic N) is 7. The van der Waals surface area contributed by atoms with Crippen molar-refractivity contribution in [3.8, 4) is 12.1 Å². The van der Waals surface area contributed by atoms with Crippen LogP contribution in [-0.4, -0.2) is 93.0 Å². The van der Waals surface area contributed by atoms with Crippen LogP contribution >= 0.6 is 0 Å². The van der Waals surface area contributed by atoms with E-state index in [2.05, 4.69) is 46.5 Å². The monoisotopic (exact) mass is 624 g/mol. The summed E-state index contributed by atoms with van der Waals surface area (Å²) in [5.74, 6) is -0.581. The molecular formula is C31H32N10O5. The molecule has 46 heavy (non-hydrogen) atoms. The number of hydrogen-bond donors (Lipinski definition) is 3. The van der Waals surface area contributed by atoms with Crippen LogP contribution in [-0.2, 0) is 22.5 Å². The van der Waals surface area contributed by atoms with Gasteiger partial charge in [-0.05, 0) is 35.4 Å². The van der Waals surface area contributed by atoms with Gasteiger partial charge in [-0.3, -0.25) is 14.5 Å². The summed E-state index contributed by atoms with van der Waals surface area (Å²) in [7, 11) is 2.73. The topological polar surface area (TPSA) is 191 Å². The van der Waals surface area contributed by atoms with Crippen molar-refractivity contribution in [3.05, 3.63) is 93.7 Å². The molecule has 1 aliphatic rings. The summed E-state index contributed by atoms with van der Waals surface area (Å²) in [4.78, 5) is 60.6. The summed E-state index contributed by atoms with van der Waals surface area (Å²) in [5.41, 5.74) is 2.48. The molecule has 15 heteroatoms. The summed E-state index contributed by atoms with van der Waals surface area (Å²) >= 11 is 0. The van der Waals surface area contributed by atoms with Crippen molar-refractivity contribution in [2.24, 2.45) is 0 Å². The van der Waals surface area contributed by atoms with Crippen molar-refractivity contribution in [1.82, 2.24) is 34.7 Å². The van der Waals surface area contributed by atoms with Gasteiger partial charge in [0, 0.05) is 57.2 Å². The van der Waals surface area contributed by atoms with E-state index >= 15 is 0 Å². The van der Waals surface area contributed by atoms with Crippen molar-refractivity contribution < 1.29 is 19.1 Å². The Hall–Kier alpha value is -5.88. The molecule has 1 amide bonds. The van der Waals surface area contributed by atoms with E-state index in [1.807, 2.05) is 24.3 Å². The highest BCUT2D eigenvalue weighted by Crippen LogP contribution is 2.20. The van der Waals surface area contributed by atoms with E-state index in [1.165, 1.54) is 26.6 Å². The predicted octanol–water partition coefficient (Wildman–Crippen LogP) is 1.73. The number of aromatic amines is 1. The second-order valence-electron chi connectivity index (χ2n) is 10.4. The second-order valence-corrected chi connectivity index (χ2v) is 10.4. The minimum absolute atomic E-state index is 0.0401. The first-order valence-corrected chi connectivity index (χ1v) is 14.4. The number of carbonyl (C=O) groups is 2. The van der Waals surface area contributed by atoms with Crippen LogP contribution in [0.5, 0.6) is 6.01 Å². The van der Waals surface area contributed by atoms with E-state index in [0.29, 0.717) is 38.3 Å². The first kappa shape index (κ1) is 31.5. The van der Waals surface area contributed by atoms with Gasteiger partial charge in [-0.1, -0.05) is 24.3 Å². The van der Waals surface area contributed by atoms with E-state index in [1.54, 1.807) is 29.2 Å². The normalized spacial score (nSPS) is 13.7. The average molecular weight is 625 g/mol. The molecule has 236 valence electrons. The molecule has 3 heterocycles. The van der Waals surface area contributed by atoms with Gasteiger partial charge in [0.05, 0.1) is 25.9 Å². The van der Waals surface area contributed by atoms with Crippen LogP contribution in [0.2, 0.25) is 0 Å². The largest absolute Gasteiger partial charge is 0.467 e. The highest BCUT2D eigenvalue weighted by Gasteiger charge is 2.25. The van der Waals surface area contributed by atoms with Gasteiger partial charge < -0.3 is 30.0 Å². The van der Waals surface area contributed by atoms with Crippen LogP contribution < -0.4 is 20.9 Å². The van der Waals surface area contributed by atoms with Crippen molar-refractivity contribution in [3.63, 3.8) is 0 Å². The first-order valence-electron chi connectivity index (χ1n) is 14.4. The maximum Gasteiger partial charge on any atom is 0.328 e. The van der Waals surface area contributed by atoms with Crippen LogP contribution in [0, 0.1) is 11.3 Å². The fraction of sp³-hybridized carbons (Fsp3) is 0.290. The molecule has 0 aliphatic carbocycles. The lowest BCUT2D eigenvalue weighted by Crippen LogP contribution is -2.49. The predicted molar refractivity (Wildman–Crippen MR) is 166 cm³/mol. The van der Waals surface area contributed by atoms with E-state index in [0.717, 1.165) is 16.8 Å². The number of amides is 1. The number of ether oxygens (including phenoxy) is 2. The number of nitrogens with one attached hydrogen (secondary N) is 3. The van der Waals surface area contributed by atoms with E-state index in [9.17, 15) is 14.4 Å². The highest BCUT2D eigenvalue weighted by atomic mass is 16.5. The molecule has 0 bridgehead atoms. The Morgan fingerprint density at radius 2 is 1.78 bits per heavy atom. The number of methoxy groups -OCH3 is 2. The third-order valence-corrected chi connectivity index (χ3v) is 7.27. The molecule has 5 rings (SSSR count). The zero-order valence-electron chi connectivity index (χ0n) is 25.3. The van der Waals surface area contributed by atoms with Gasteiger partial charge in [-0.25, -0.2) is 9.78 Å². The van der Waals surface area contributed by atoms with Gasteiger partial charge in [-0.2, -0.15) is 20.2 Å². The molecule has 4 aromatic rings. The van der Waals surface area contributed by atoms with Crippen LogP contribution in [0.25, 0.3) is 0 Å². The number of rotatable bonds is 11. The summed E-state index contributed by atoms with van der Waals surface area (Å²) in [6.07, 6.45) is 3.06. The third kappa shape index (κ3) is 7.98. The maximum absolute atomic E-state index is 12.7. The Morgan fingerprint density at radius 3 is 2.48 bits per heavy atom. The van der Waals surface area contributed by atoms with Gasteiger partial charge in [0.2, 0.25) is 11.9 Å².